The van der Waals surface area contributed by atoms with Gasteiger partial charge in [-0.3, -0.25) is 4.68 Å². The molecular weight excluding hydrogens is 302 g/mol. The molecule has 0 aliphatic rings. The Kier molecular flexibility index (Phi) is 6.15. The van der Waals surface area contributed by atoms with Gasteiger partial charge < -0.3 is 5.32 Å². The second-order valence-corrected chi connectivity index (χ2v) is 6.08. The Morgan fingerprint density at radius 3 is 2.76 bits per heavy atom. The van der Waals surface area contributed by atoms with Crippen molar-refractivity contribution in [2.24, 2.45) is 0 Å². The molecule has 0 amide bonds. The van der Waals surface area contributed by atoms with Crippen LogP contribution in [0.1, 0.15) is 37.6 Å². The zero-order valence-corrected chi connectivity index (χ0v) is 14.3. The van der Waals surface area contributed by atoms with Crippen LogP contribution >= 0.6 is 23.4 Å². The van der Waals surface area contributed by atoms with Gasteiger partial charge in [0.2, 0.25) is 0 Å². The van der Waals surface area contributed by atoms with Gasteiger partial charge in [-0.25, -0.2) is 0 Å². The molecule has 0 radical (unpaired) electrons. The van der Waals surface area contributed by atoms with Crippen LogP contribution in [-0.4, -0.2) is 22.6 Å². The Bertz CT molecular complexity index is 583. The van der Waals surface area contributed by atoms with Gasteiger partial charge in [-0.1, -0.05) is 36.7 Å². The molecule has 0 saturated carbocycles. The maximum absolute atomic E-state index is 6.41. The van der Waals surface area contributed by atoms with E-state index in [2.05, 4.69) is 54.8 Å². The van der Waals surface area contributed by atoms with Crippen LogP contribution < -0.4 is 5.32 Å². The molecule has 2 aromatic rings. The summed E-state index contributed by atoms with van der Waals surface area (Å²) in [6.45, 7) is 6.01. The van der Waals surface area contributed by atoms with Crippen LogP contribution in [0.5, 0.6) is 0 Å². The first kappa shape index (κ1) is 16.4. The first-order valence-electron chi connectivity index (χ1n) is 7.30. The zero-order chi connectivity index (χ0) is 15.2. The average molecular weight is 324 g/mol. The highest BCUT2D eigenvalue weighted by Gasteiger charge is 2.23. The standard InChI is InChI=1S/C16H22ClN3S/c1-4-10-18-15(12-8-6-7-9-14(12)21-3)16-13(17)11-19-20(16)5-2/h6-9,11,15,18H,4-5,10H2,1-3H3. The van der Waals surface area contributed by atoms with Crippen LogP contribution in [0.2, 0.25) is 5.02 Å². The van der Waals surface area contributed by atoms with Gasteiger partial charge in [0.15, 0.2) is 0 Å². The van der Waals surface area contributed by atoms with Crippen LogP contribution in [0.15, 0.2) is 35.4 Å². The summed E-state index contributed by atoms with van der Waals surface area (Å²) in [6, 6.07) is 8.55. The SMILES string of the molecule is CCCNC(c1ccccc1SC)c1c(Cl)cnn1CC. The predicted molar refractivity (Wildman–Crippen MR) is 91.3 cm³/mol. The van der Waals surface area contributed by atoms with Crippen molar-refractivity contribution in [3.8, 4) is 0 Å². The molecule has 1 aromatic carbocycles. The number of hydrogen-bond acceptors (Lipinski definition) is 3. The molecule has 5 heteroatoms. The molecule has 0 spiro atoms. The number of nitrogens with zero attached hydrogens (tertiary/aromatic N) is 2. The van der Waals surface area contributed by atoms with Gasteiger partial charge in [-0.15, -0.1) is 11.8 Å². The maximum atomic E-state index is 6.41. The molecule has 0 bridgehead atoms. The molecular formula is C16H22ClN3S. The maximum Gasteiger partial charge on any atom is 0.0837 e. The largest absolute Gasteiger partial charge is 0.305 e. The third kappa shape index (κ3) is 3.62. The molecule has 1 N–H and O–H groups in total. The highest BCUT2D eigenvalue weighted by molar-refractivity contribution is 7.98. The lowest BCUT2D eigenvalue weighted by Crippen LogP contribution is -2.26. The molecule has 3 nitrogen and oxygen atoms in total. The molecule has 0 fully saturated rings. The van der Waals surface area contributed by atoms with Gasteiger partial charge in [-0.05, 0) is 37.8 Å². The van der Waals surface area contributed by atoms with E-state index in [9.17, 15) is 0 Å². The number of aromatic nitrogens is 2. The first-order chi connectivity index (χ1) is 10.2. The van der Waals surface area contributed by atoms with Gasteiger partial charge in [0.25, 0.3) is 0 Å². The fourth-order valence-electron chi connectivity index (χ4n) is 2.46. The summed E-state index contributed by atoms with van der Waals surface area (Å²) in [7, 11) is 0. The molecule has 114 valence electrons. The topological polar surface area (TPSA) is 29.9 Å². The van der Waals surface area contributed by atoms with E-state index in [1.165, 1.54) is 10.5 Å². The van der Waals surface area contributed by atoms with E-state index in [-0.39, 0.29) is 6.04 Å². The number of aryl methyl sites for hydroxylation is 1. The molecule has 1 aromatic heterocycles. The van der Waals surface area contributed by atoms with Crippen molar-refractivity contribution in [2.45, 2.75) is 37.8 Å². The van der Waals surface area contributed by atoms with E-state index in [0.29, 0.717) is 0 Å². The van der Waals surface area contributed by atoms with Crippen LogP contribution in [-0.2, 0) is 6.54 Å². The summed E-state index contributed by atoms with van der Waals surface area (Å²) in [4.78, 5) is 1.27. The Labute approximate surface area is 136 Å². The van der Waals surface area contributed by atoms with Crippen molar-refractivity contribution in [1.82, 2.24) is 15.1 Å². The van der Waals surface area contributed by atoms with Crippen LogP contribution in [0.25, 0.3) is 0 Å². The molecule has 21 heavy (non-hydrogen) atoms. The van der Waals surface area contributed by atoms with Crippen LogP contribution in [0.3, 0.4) is 0 Å². The number of rotatable bonds is 7. The number of halogens is 1. The Hall–Kier alpha value is -0.970. The van der Waals surface area contributed by atoms with E-state index >= 15 is 0 Å². The summed E-state index contributed by atoms with van der Waals surface area (Å²) >= 11 is 8.17. The molecule has 1 atom stereocenters. The number of nitrogens with one attached hydrogen (secondary N) is 1. The van der Waals surface area contributed by atoms with Crippen LogP contribution in [0, 0.1) is 0 Å². The lowest BCUT2D eigenvalue weighted by Gasteiger charge is -2.22. The monoisotopic (exact) mass is 323 g/mol. The average Bonchev–Trinajstić information content (AvgIpc) is 2.89. The fraction of sp³-hybridized carbons (Fsp3) is 0.438. The van der Waals surface area contributed by atoms with Gasteiger partial charge in [0.05, 0.1) is 23.0 Å². The molecule has 0 aliphatic carbocycles. The Morgan fingerprint density at radius 1 is 1.33 bits per heavy atom. The normalized spacial score (nSPS) is 12.6. The van der Waals surface area contributed by atoms with Crippen molar-refractivity contribution in [1.29, 1.82) is 0 Å². The highest BCUT2D eigenvalue weighted by atomic mass is 35.5. The number of benzene rings is 1. The molecule has 1 unspecified atom stereocenters. The third-order valence-electron chi connectivity index (χ3n) is 3.45. The van der Waals surface area contributed by atoms with Gasteiger partial charge in [-0.2, -0.15) is 5.10 Å². The fourth-order valence-corrected chi connectivity index (χ4v) is 3.34. The van der Waals surface area contributed by atoms with Gasteiger partial charge in [0, 0.05) is 11.4 Å². The number of thioether (sulfide) groups is 1. The molecule has 2 rings (SSSR count). The minimum atomic E-state index is 0.0727. The van der Waals surface area contributed by atoms with Crippen molar-refractivity contribution >= 4 is 23.4 Å². The quantitative estimate of drug-likeness (QED) is 0.767. The van der Waals surface area contributed by atoms with Crippen molar-refractivity contribution in [3.05, 3.63) is 46.7 Å². The molecule has 0 aliphatic heterocycles. The first-order valence-corrected chi connectivity index (χ1v) is 8.90. The summed E-state index contributed by atoms with van der Waals surface area (Å²) in [6.07, 6.45) is 4.92. The Morgan fingerprint density at radius 2 is 2.10 bits per heavy atom. The lowest BCUT2D eigenvalue weighted by atomic mass is 10.0. The predicted octanol–water partition coefficient (Wildman–Crippen LogP) is 4.37. The van der Waals surface area contributed by atoms with Crippen molar-refractivity contribution in [3.63, 3.8) is 0 Å². The molecule has 1 heterocycles. The lowest BCUT2D eigenvalue weighted by molar-refractivity contribution is 0.525. The minimum absolute atomic E-state index is 0.0727. The van der Waals surface area contributed by atoms with Gasteiger partial charge in [0.1, 0.15) is 0 Å². The molecule has 0 saturated heterocycles. The van der Waals surface area contributed by atoms with Crippen molar-refractivity contribution < 1.29 is 0 Å². The summed E-state index contributed by atoms with van der Waals surface area (Å²) < 4.78 is 1.98. The number of hydrogen-bond donors (Lipinski definition) is 1. The highest BCUT2D eigenvalue weighted by Crippen LogP contribution is 2.33. The van der Waals surface area contributed by atoms with E-state index in [1.807, 2.05) is 4.68 Å². The summed E-state index contributed by atoms with van der Waals surface area (Å²) in [5, 5.41) is 8.73. The second-order valence-electron chi connectivity index (χ2n) is 4.82. The summed E-state index contributed by atoms with van der Waals surface area (Å²) in [5.41, 5.74) is 2.31. The van der Waals surface area contributed by atoms with Crippen LogP contribution in [0.4, 0.5) is 0 Å². The minimum Gasteiger partial charge on any atom is -0.305 e. The summed E-state index contributed by atoms with van der Waals surface area (Å²) in [5.74, 6) is 0. The third-order valence-corrected chi connectivity index (χ3v) is 4.56. The second kappa shape index (κ2) is 7.87. The zero-order valence-electron chi connectivity index (χ0n) is 12.8. The van der Waals surface area contributed by atoms with E-state index in [4.69, 9.17) is 11.6 Å². The van der Waals surface area contributed by atoms with Crippen molar-refractivity contribution in [2.75, 3.05) is 12.8 Å². The van der Waals surface area contributed by atoms with E-state index < -0.39 is 0 Å². The van der Waals surface area contributed by atoms with E-state index in [1.54, 1.807) is 18.0 Å². The van der Waals surface area contributed by atoms with E-state index in [0.717, 1.165) is 30.2 Å². The Balaban J connectivity index is 2.50. The van der Waals surface area contributed by atoms with Gasteiger partial charge >= 0.3 is 0 Å². The smallest absolute Gasteiger partial charge is 0.0837 e.